The molecule has 7 heavy (non-hydrogen) atoms. The lowest BCUT2D eigenvalue weighted by Gasteiger charge is -1.83. The maximum absolute atomic E-state index is 3.76. The summed E-state index contributed by atoms with van der Waals surface area (Å²) in [7, 11) is 0. The smallest absolute Gasteiger partial charge is 0.00375 e. The van der Waals surface area contributed by atoms with Gasteiger partial charge in [-0.3, -0.25) is 0 Å². The molecule has 0 spiro atoms. The average Bonchev–Trinajstić information content (AvgIpc) is 1.87. The van der Waals surface area contributed by atoms with Gasteiger partial charge in [-0.25, -0.2) is 0 Å². The van der Waals surface area contributed by atoms with E-state index in [9.17, 15) is 0 Å². The Kier molecular flexibility index (Phi) is 0.861. The first-order chi connectivity index (χ1) is 3.29. The van der Waals surface area contributed by atoms with E-state index in [1.165, 1.54) is 11.1 Å². The summed E-state index contributed by atoms with van der Waals surface area (Å²) < 4.78 is 0. The summed E-state index contributed by atoms with van der Waals surface area (Å²) in [5, 5.41) is 0. The Morgan fingerprint density at radius 3 is 1.71 bits per heavy atom. The molecule has 36 valence electrons. The number of rotatable bonds is 0. The van der Waals surface area contributed by atoms with Gasteiger partial charge in [0.2, 0.25) is 0 Å². The van der Waals surface area contributed by atoms with E-state index in [1.807, 2.05) is 12.2 Å². The van der Waals surface area contributed by atoms with Crippen molar-refractivity contribution in [3.05, 3.63) is 36.5 Å². The molecule has 0 radical (unpaired) electrons. The van der Waals surface area contributed by atoms with Crippen LogP contribution >= 0.6 is 0 Å². The zero-order valence-corrected chi connectivity index (χ0v) is 4.28. The second kappa shape index (κ2) is 1.38. The van der Waals surface area contributed by atoms with Crippen LogP contribution in [0, 0.1) is 0 Å². The Hall–Kier alpha value is -0.780. The fourth-order valence-electron chi connectivity index (χ4n) is 0.645. The highest BCUT2D eigenvalue weighted by Gasteiger charge is 1.97. The van der Waals surface area contributed by atoms with Gasteiger partial charge in [-0.05, 0) is 6.42 Å². The maximum Gasteiger partial charge on any atom is -0.00375 e. The van der Waals surface area contributed by atoms with Gasteiger partial charge in [0.1, 0.15) is 0 Å². The van der Waals surface area contributed by atoms with Gasteiger partial charge in [-0.15, -0.1) is 0 Å². The molecule has 0 saturated heterocycles. The Labute approximate surface area is 43.9 Å². The Morgan fingerprint density at radius 2 is 1.57 bits per heavy atom. The third kappa shape index (κ3) is 0.801. The van der Waals surface area contributed by atoms with Crippen molar-refractivity contribution < 1.29 is 0 Å². The Morgan fingerprint density at radius 1 is 1.14 bits per heavy atom. The van der Waals surface area contributed by atoms with Crippen LogP contribution < -0.4 is 0 Å². The van der Waals surface area contributed by atoms with Gasteiger partial charge in [0.15, 0.2) is 0 Å². The topological polar surface area (TPSA) is 0 Å². The van der Waals surface area contributed by atoms with E-state index in [4.69, 9.17) is 0 Å². The van der Waals surface area contributed by atoms with Crippen LogP contribution in [0.3, 0.4) is 0 Å². The molecule has 0 aliphatic heterocycles. The lowest BCUT2D eigenvalue weighted by atomic mass is 10.2. The molecule has 0 N–H and O–H groups in total. The van der Waals surface area contributed by atoms with Crippen LogP contribution in [0.1, 0.15) is 6.42 Å². The van der Waals surface area contributed by atoms with Gasteiger partial charge in [0.05, 0.1) is 0 Å². The molecule has 0 heteroatoms. The van der Waals surface area contributed by atoms with E-state index >= 15 is 0 Å². The largest absolute Gasteiger partial charge is 0.0955 e. The van der Waals surface area contributed by atoms with Crippen LogP contribution in [0.4, 0.5) is 0 Å². The molecule has 1 rings (SSSR count). The van der Waals surface area contributed by atoms with E-state index in [0.29, 0.717) is 0 Å². The zero-order valence-electron chi connectivity index (χ0n) is 4.28. The lowest BCUT2D eigenvalue weighted by Crippen LogP contribution is -1.64. The molecular weight excluding hydrogens is 84.1 g/mol. The van der Waals surface area contributed by atoms with Crippen LogP contribution in [0.2, 0.25) is 0 Å². The molecule has 0 fully saturated rings. The second-order valence-corrected chi connectivity index (χ2v) is 1.83. The minimum atomic E-state index is 0.972. The van der Waals surface area contributed by atoms with Crippen LogP contribution in [0.25, 0.3) is 0 Å². The number of hydrogen-bond acceptors (Lipinski definition) is 0. The van der Waals surface area contributed by atoms with Crippen molar-refractivity contribution in [2.75, 3.05) is 0 Å². The molecule has 0 heterocycles. The standard InChI is InChI=1S/C7H8/c1-6-3-4-7(2)5-6/h3-4H,1-2,5H2. The summed E-state index contributed by atoms with van der Waals surface area (Å²) in [5.74, 6) is 0. The van der Waals surface area contributed by atoms with E-state index in [2.05, 4.69) is 13.2 Å². The quantitative estimate of drug-likeness (QED) is 0.429. The lowest BCUT2D eigenvalue weighted by molar-refractivity contribution is 1.29. The molecule has 0 unspecified atom stereocenters. The predicted molar refractivity (Wildman–Crippen MR) is 32.0 cm³/mol. The molecule has 0 bridgehead atoms. The van der Waals surface area contributed by atoms with Gasteiger partial charge < -0.3 is 0 Å². The molecule has 0 saturated carbocycles. The third-order valence-corrected chi connectivity index (χ3v) is 1.01. The minimum absolute atomic E-state index is 0.972. The monoisotopic (exact) mass is 92.1 g/mol. The first-order valence-corrected chi connectivity index (χ1v) is 2.32. The fourth-order valence-corrected chi connectivity index (χ4v) is 0.645. The van der Waals surface area contributed by atoms with Crippen LogP contribution in [0.5, 0.6) is 0 Å². The maximum atomic E-state index is 3.76. The molecule has 0 atom stereocenters. The first kappa shape index (κ1) is 4.38. The zero-order chi connectivity index (χ0) is 5.28. The van der Waals surface area contributed by atoms with Crippen molar-refractivity contribution in [2.24, 2.45) is 0 Å². The molecule has 0 aromatic carbocycles. The summed E-state index contributed by atoms with van der Waals surface area (Å²) in [5.41, 5.74) is 2.34. The number of hydrogen-bond donors (Lipinski definition) is 0. The fraction of sp³-hybridized carbons (Fsp3) is 0.143. The molecular formula is C7H8. The normalized spacial score (nSPS) is 18.9. The van der Waals surface area contributed by atoms with Gasteiger partial charge in [-0.1, -0.05) is 36.5 Å². The van der Waals surface area contributed by atoms with E-state index in [-0.39, 0.29) is 0 Å². The summed E-state index contributed by atoms with van der Waals surface area (Å²) in [6.45, 7) is 7.51. The van der Waals surface area contributed by atoms with E-state index < -0.39 is 0 Å². The van der Waals surface area contributed by atoms with Crippen molar-refractivity contribution in [2.45, 2.75) is 6.42 Å². The average molecular weight is 92.1 g/mol. The van der Waals surface area contributed by atoms with Gasteiger partial charge in [0.25, 0.3) is 0 Å². The highest BCUT2D eigenvalue weighted by molar-refractivity contribution is 5.36. The van der Waals surface area contributed by atoms with Crippen molar-refractivity contribution in [1.82, 2.24) is 0 Å². The van der Waals surface area contributed by atoms with Crippen LogP contribution in [0.15, 0.2) is 36.5 Å². The van der Waals surface area contributed by atoms with Crippen LogP contribution in [-0.4, -0.2) is 0 Å². The Bertz CT molecular complexity index is 122. The summed E-state index contributed by atoms with van der Waals surface area (Å²) in [4.78, 5) is 0. The third-order valence-electron chi connectivity index (χ3n) is 1.01. The van der Waals surface area contributed by atoms with Crippen molar-refractivity contribution in [3.63, 3.8) is 0 Å². The van der Waals surface area contributed by atoms with Gasteiger partial charge in [-0.2, -0.15) is 0 Å². The SMILES string of the molecule is C=C1C=CC(=C)C1. The van der Waals surface area contributed by atoms with Crippen molar-refractivity contribution >= 4 is 0 Å². The molecule has 0 aromatic rings. The highest BCUT2D eigenvalue weighted by atomic mass is 14.0. The molecule has 1 aliphatic carbocycles. The van der Waals surface area contributed by atoms with Gasteiger partial charge in [0, 0.05) is 0 Å². The summed E-state index contributed by atoms with van der Waals surface area (Å²) in [6, 6.07) is 0. The molecule has 0 aromatic heterocycles. The van der Waals surface area contributed by atoms with E-state index in [1.54, 1.807) is 0 Å². The second-order valence-electron chi connectivity index (χ2n) is 1.83. The number of allylic oxidation sites excluding steroid dienone is 4. The van der Waals surface area contributed by atoms with Crippen LogP contribution in [-0.2, 0) is 0 Å². The molecule has 0 amide bonds. The predicted octanol–water partition coefficient (Wildman–Crippen LogP) is 2.06. The minimum Gasteiger partial charge on any atom is -0.0955 e. The van der Waals surface area contributed by atoms with Crippen molar-refractivity contribution in [3.8, 4) is 0 Å². The molecule has 1 aliphatic rings. The summed E-state index contributed by atoms with van der Waals surface area (Å²) >= 11 is 0. The van der Waals surface area contributed by atoms with E-state index in [0.717, 1.165) is 6.42 Å². The molecule has 0 nitrogen and oxygen atoms in total. The Balaban J connectivity index is 2.76. The van der Waals surface area contributed by atoms with Gasteiger partial charge >= 0.3 is 0 Å². The first-order valence-electron chi connectivity index (χ1n) is 2.32. The highest BCUT2D eigenvalue weighted by Crippen LogP contribution is 2.17. The van der Waals surface area contributed by atoms with Crippen molar-refractivity contribution in [1.29, 1.82) is 0 Å². The summed E-state index contributed by atoms with van der Waals surface area (Å²) in [6.07, 6.45) is 4.98.